The van der Waals surface area contributed by atoms with Gasteiger partial charge >= 0.3 is 18.4 Å². The number of imide groups is 1. The molecule has 2 heterocycles. The third kappa shape index (κ3) is 5.15. The van der Waals surface area contributed by atoms with Crippen molar-refractivity contribution in [3.05, 3.63) is 63.8 Å². The molecule has 2 aliphatic heterocycles. The van der Waals surface area contributed by atoms with E-state index in [9.17, 15) is 35.9 Å². The zero-order chi connectivity index (χ0) is 31.2. The smallest absolute Gasteiger partial charge is 0.430 e. The van der Waals surface area contributed by atoms with Gasteiger partial charge in [0.1, 0.15) is 11.3 Å². The molecular formula is C31H34F6N2O4. The lowest BCUT2D eigenvalue weighted by molar-refractivity contribution is -0.385. The van der Waals surface area contributed by atoms with E-state index in [1.807, 2.05) is 6.08 Å². The number of nitrogens with zero attached hydrogens (tertiary/aromatic N) is 1. The maximum atomic E-state index is 13.8. The fourth-order valence-corrected chi connectivity index (χ4v) is 6.61. The Morgan fingerprint density at radius 3 is 2.49 bits per heavy atom. The molecule has 43 heavy (non-hydrogen) atoms. The van der Waals surface area contributed by atoms with Gasteiger partial charge in [-0.15, -0.1) is 0 Å². The number of urea groups is 1. The van der Waals surface area contributed by atoms with Crippen LogP contribution in [0, 0.1) is 0 Å². The van der Waals surface area contributed by atoms with E-state index in [2.05, 4.69) is 22.2 Å². The van der Waals surface area contributed by atoms with Crippen molar-refractivity contribution >= 4 is 11.9 Å². The molecule has 0 spiro atoms. The molecule has 5 rings (SSSR count). The van der Waals surface area contributed by atoms with E-state index in [4.69, 9.17) is 4.74 Å². The first-order valence-electron chi connectivity index (χ1n) is 14.6. The highest BCUT2D eigenvalue weighted by molar-refractivity contribution is 6.09. The molecule has 1 fully saturated rings. The van der Waals surface area contributed by atoms with Crippen LogP contribution in [0.1, 0.15) is 75.5 Å². The Kier molecular flexibility index (Phi) is 8.21. The van der Waals surface area contributed by atoms with Gasteiger partial charge in [-0.3, -0.25) is 9.69 Å². The SMILES string of the molecule is CCCc1c(OCCCCN2C(=O)NC(C)(C3=CCCC4=C3CCC=C4)C2=O)ccc2c1COC2(C(F)(F)F)C(F)(F)F. The van der Waals surface area contributed by atoms with Crippen LogP contribution in [0.2, 0.25) is 0 Å². The molecule has 1 saturated heterocycles. The number of nitrogens with one attached hydrogen (secondary N) is 1. The van der Waals surface area contributed by atoms with Crippen molar-refractivity contribution in [3.8, 4) is 5.75 Å². The van der Waals surface area contributed by atoms with E-state index < -0.39 is 41.7 Å². The molecule has 0 bridgehead atoms. The van der Waals surface area contributed by atoms with E-state index in [-0.39, 0.29) is 42.4 Å². The predicted octanol–water partition coefficient (Wildman–Crippen LogP) is 7.33. The fourth-order valence-electron chi connectivity index (χ4n) is 6.61. The van der Waals surface area contributed by atoms with Crippen molar-refractivity contribution < 1.29 is 45.4 Å². The van der Waals surface area contributed by atoms with Crippen molar-refractivity contribution in [3.63, 3.8) is 0 Å². The van der Waals surface area contributed by atoms with Crippen LogP contribution in [0.5, 0.6) is 5.75 Å². The lowest BCUT2D eigenvalue weighted by Crippen LogP contribution is -2.53. The van der Waals surface area contributed by atoms with E-state index in [1.54, 1.807) is 13.8 Å². The first-order chi connectivity index (χ1) is 20.3. The Hall–Kier alpha value is -3.28. The number of ether oxygens (including phenoxy) is 2. The number of hydrogen-bond donors (Lipinski definition) is 1. The van der Waals surface area contributed by atoms with E-state index in [1.165, 1.54) is 10.5 Å². The number of carbonyl (C=O) groups is 2. The number of halogens is 6. The van der Waals surface area contributed by atoms with Gasteiger partial charge in [0, 0.05) is 17.7 Å². The van der Waals surface area contributed by atoms with Crippen molar-refractivity contribution in [1.29, 1.82) is 0 Å². The molecule has 0 aromatic heterocycles. The van der Waals surface area contributed by atoms with Crippen LogP contribution < -0.4 is 10.1 Å². The summed E-state index contributed by atoms with van der Waals surface area (Å²) in [7, 11) is 0. The Bertz CT molecular complexity index is 1380. The molecule has 1 unspecified atom stereocenters. The Morgan fingerprint density at radius 1 is 1.05 bits per heavy atom. The maximum absolute atomic E-state index is 13.8. The zero-order valence-corrected chi connectivity index (χ0v) is 24.0. The largest absolute Gasteiger partial charge is 0.493 e. The van der Waals surface area contributed by atoms with Crippen LogP contribution in [0.25, 0.3) is 0 Å². The topological polar surface area (TPSA) is 67.9 Å². The summed E-state index contributed by atoms with van der Waals surface area (Å²) < 4.78 is 92.9. The summed E-state index contributed by atoms with van der Waals surface area (Å²) in [6.07, 6.45) is -0.296. The van der Waals surface area contributed by atoms with Crippen LogP contribution in [-0.4, -0.2) is 47.9 Å². The van der Waals surface area contributed by atoms with E-state index in [0.717, 1.165) is 49.0 Å². The lowest BCUT2D eigenvalue weighted by atomic mass is 9.76. The fraction of sp³-hybridized carbons (Fsp3) is 0.548. The normalized spacial score (nSPS) is 23.3. The molecule has 0 radical (unpaired) electrons. The molecule has 1 aromatic rings. The summed E-state index contributed by atoms with van der Waals surface area (Å²) in [5.74, 6) is -0.128. The third-order valence-electron chi connectivity index (χ3n) is 8.70. The molecule has 2 aliphatic carbocycles. The average Bonchev–Trinajstić information content (AvgIpc) is 3.46. The van der Waals surface area contributed by atoms with Gasteiger partial charge in [-0.2, -0.15) is 26.3 Å². The molecule has 6 nitrogen and oxygen atoms in total. The quantitative estimate of drug-likeness (QED) is 0.180. The monoisotopic (exact) mass is 612 g/mol. The molecule has 4 aliphatic rings. The van der Waals surface area contributed by atoms with Crippen LogP contribution in [-0.2, 0) is 28.2 Å². The van der Waals surface area contributed by atoms with E-state index >= 15 is 0 Å². The van der Waals surface area contributed by atoms with Gasteiger partial charge in [-0.25, -0.2) is 4.79 Å². The Morgan fingerprint density at radius 2 is 1.79 bits per heavy atom. The van der Waals surface area contributed by atoms with Crippen LogP contribution in [0.15, 0.2) is 47.1 Å². The summed E-state index contributed by atoms with van der Waals surface area (Å²) in [6.45, 7) is 2.89. The highest BCUT2D eigenvalue weighted by Crippen LogP contribution is 2.58. The number of hydrogen-bond acceptors (Lipinski definition) is 4. The Balaban J connectivity index is 1.23. The molecular weight excluding hydrogens is 578 g/mol. The van der Waals surface area contributed by atoms with Crippen molar-refractivity contribution in [2.75, 3.05) is 13.2 Å². The summed E-state index contributed by atoms with van der Waals surface area (Å²) in [6, 6.07) is 1.44. The second-order valence-corrected chi connectivity index (χ2v) is 11.5. The minimum Gasteiger partial charge on any atom is -0.493 e. The van der Waals surface area contributed by atoms with Gasteiger partial charge < -0.3 is 14.8 Å². The number of rotatable bonds is 9. The number of carbonyl (C=O) groups excluding carboxylic acids is 2. The predicted molar refractivity (Wildman–Crippen MR) is 145 cm³/mol. The first kappa shape index (κ1) is 31.2. The van der Waals surface area contributed by atoms with Crippen LogP contribution >= 0.6 is 0 Å². The highest BCUT2D eigenvalue weighted by Gasteiger charge is 2.75. The lowest BCUT2D eigenvalue weighted by Gasteiger charge is -2.33. The third-order valence-corrected chi connectivity index (χ3v) is 8.70. The number of alkyl halides is 6. The minimum absolute atomic E-state index is 0.0920. The molecule has 1 aromatic carbocycles. The molecule has 1 N–H and O–H groups in total. The molecule has 1 atom stereocenters. The summed E-state index contributed by atoms with van der Waals surface area (Å²) in [4.78, 5) is 27.5. The number of allylic oxidation sites excluding steroid dienone is 4. The second kappa shape index (κ2) is 11.3. The van der Waals surface area contributed by atoms with Gasteiger partial charge in [-0.05, 0) is 80.2 Å². The van der Waals surface area contributed by atoms with Gasteiger partial charge in [0.25, 0.3) is 11.5 Å². The summed E-state index contributed by atoms with van der Waals surface area (Å²) >= 11 is 0. The van der Waals surface area contributed by atoms with Gasteiger partial charge in [0.15, 0.2) is 0 Å². The van der Waals surface area contributed by atoms with Crippen LogP contribution in [0.3, 0.4) is 0 Å². The van der Waals surface area contributed by atoms with Gasteiger partial charge in [0.2, 0.25) is 0 Å². The second-order valence-electron chi connectivity index (χ2n) is 11.5. The first-order valence-corrected chi connectivity index (χ1v) is 14.6. The molecule has 234 valence electrons. The standard InChI is InChI=1S/C31H34F6N2O4/c1-3-9-21-22-18-43-29(30(32,33)34,31(35,36)37)24(22)14-15-25(21)42-17-7-6-16-39-26(40)28(2,38-27(39)41)23-13-8-11-19-10-4-5-12-20(19)23/h4,10,13-15H,3,5-9,11-12,16-18H2,1-2H3,(H,38,41). The van der Waals surface area contributed by atoms with Gasteiger partial charge in [-0.1, -0.05) is 37.6 Å². The number of amides is 3. The molecule has 0 saturated carbocycles. The highest BCUT2D eigenvalue weighted by atomic mass is 19.4. The zero-order valence-electron chi connectivity index (χ0n) is 24.0. The van der Waals surface area contributed by atoms with Crippen LogP contribution in [0.4, 0.5) is 31.1 Å². The molecule has 12 heteroatoms. The minimum atomic E-state index is -5.70. The average molecular weight is 613 g/mol. The number of unbranched alkanes of at least 4 members (excludes halogenated alkanes) is 1. The van der Waals surface area contributed by atoms with Gasteiger partial charge in [0.05, 0.1) is 13.2 Å². The number of fused-ring (bicyclic) bond motifs is 1. The summed E-state index contributed by atoms with van der Waals surface area (Å²) in [5, 5.41) is 2.88. The van der Waals surface area contributed by atoms with Crippen molar-refractivity contribution in [2.45, 2.75) is 95.3 Å². The Labute approximate surface area is 245 Å². The summed E-state index contributed by atoms with van der Waals surface area (Å²) in [5.41, 5.74) is -3.22. The molecule has 3 amide bonds. The van der Waals surface area contributed by atoms with Crippen molar-refractivity contribution in [2.24, 2.45) is 0 Å². The maximum Gasteiger partial charge on any atom is 0.430 e. The number of benzene rings is 1. The van der Waals surface area contributed by atoms with Crippen molar-refractivity contribution in [1.82, 2.24) is 10.2 Å². The van der Waals surface area contributed by atoms with E-state index in [0.29, 0.717) is 19.3 Å².